The Labute approximate surface area is 167 Å². The lowest BCUT2D eigenvalue weighted by atomic mass is 9.84. The van der Waals surface area contributed by atoms with Crippen molar-refractivity contribution in [1.29, 1.82) is 0 Å². The molecule has 0 fully saturated rings. The van der Waals surface area contributed by atoms with E-state index < -0.39 is 0 Å². The first-order valence-electron chi connectivity index (χ1n) is 9.63. The van der Waals surface area contributed by atoms with Gasteiger partial charge in [0.1, 0.15) is 0 Å². The zero-order valence-electron chi connectivity index (χ0n) is 17.9. The second-order valence-corrected chi connectivity index (χ2v) is 7.37. The van der Waals surface area contributed by atoms with Crippen LogP contribution in [0.15, 0.2) is 24.3 Å². The fraction of sp³-hybridized carbons (Fsp3) is 0.417. The Kier molecular flexibility index (Phi) is 7.00. The molecule has 0 amide bonds. The molecular formula is C24H30O4. The zero-order valence-corrected chi connectivity index (χ0v) is 17.9. The summed E-state index contributed by atoms with van der Waals surface area (Å²) >= 11 is 0. The van der Waals surface area contributed by atoms with Gasteiger partial charge >= 0.3 is 11.9 Å². The van der Waals surface area contributed by atoms with Gasteiger partial charge in [0.25, 0.3) is 0 Å². The molecule has 0 aliphatic carbocycles. The number of aryl methyl sites for hydroxylation is 2. The van der Waals surface area contributed by atoms with Crippen molar-refractivity contribution in [3.63, 3.8) is 0 Å². The van der Waals surface area contributed by atoms with Gasteiger partial charge in [0.15, 0.2) is 0 Å². The molecule has 28 heavy (non-hydrogen) atoms. The van der Waals surface area contributed by atoms with Crippen LogP contribution in [-0.4, -0.2) is 26.2 Å². The molecule has 2 aromatic carbocycles. The fourth-order valence-electron chi connectivity index (χ4n) is 3.73. The molecule has 0 saturated heterocycles. The van der Waals surface area contributed by atoms with E-state index >= 15 is 0 Å². The molecule has 1 atom stereocenters. The van der Waals surface area contributed by atoms with E-state index in [0.717, 1.165) is 35.1 Å². The molecule has 150 valence electrons. The van der Waals surface area contributed by atoms with E-state index in [-0.39, 0.29) is 17.9 Å². The van der Waals surface area contributed by atoms with Crippen molar-refractivity contribution in [1.82, 2.24) is 0 Å². The van der Waals surface area contributed by atoms with Crippen LogP contribution in [0, 0.1) is 20.8 Å². The van der Waals surface area contributed by atoms with E-state index in [0.29, 0.717) is 11.1 Å². The number of benzene rings is 2. The molecule has 0 heterocycles. The third kappa shape index (κ3) is 4.44. The van der Waals surface area contributed by atoms with E-state index in [4.69, 9.17) is 9.47 Å². The third-order valence-electron chi connectivity index (χ3n) is 5.61. The van der Waals surface area contributed by atoms with Crippen LogP contribution < -0.4 is 0 Å². The number of rotatable bonds is 6. The quantitative estimate of drug-likeness (QED) is 0.653. The van der Waals surface area contributed by atoms with E-state index in [1.165, 1.54) is 25.3 Å². The second kappa shape index (κ2) is 9.05. The first-order valence-corrected chi connectivity index (χ1v) is 9.63. The maximum Gasteiger partial charge on any atom is 0.337 e. The normalized spacial score (nSPS) is 11.8. The van der Waals surface area contributed by atoms with Gasteiger partial charge in [-0.3, -0.25) is 0 Å². The van der Waals surface area contributed by atoms with Crippen LogP contribution in [-0.2, 0) is 22.3 Å². The van der Waals surface area contributed by atoms with Gasteiger partial charge in [-0.15, -0.1) is 0 Å². The van der Waals surface area contributed by atoms with Gasteiger partial charge < -0.3 is 9.47 Å². The molecule has 2 aromatic rings. The van der Waals surface area contributed by atoms with Crippen LogP contribution in [0.4, 0.5) is 0 Å². The predicted molar refractivity (Wildman–Crippen MR) is 111 cm³/mol. The molecule has 0 bridgehead atoms. The van der Waals surface area contributed by atoms with E-state index in [2.05, 4.69) is 27.7 Å². The monoisotopic (exact) mass is 382 g/mol. The van der Waals surface area contributed by atoms with Crippen molar-refractivity contribution >= 4 is 11.9 Å². The Morgan fingerprint density at radius 3 is 1.93 bits per heavy atom. The number of carbonyl (C=O) groups excluding carboxylic acids is 2. The number of carbonyl (C=O) groups is 2. The van der Waals surface area contributed by atoms with Crippen molar-refractivity contribution < 1.29 is 19.1 Å². The van der Waals surface area contributed by atoms with Crippen molar-refractivity contribution in [2.24, 2.45) is 0 Å². The summed E-state index contributed by atoms with van der Waals surface area (Å²) in [4.78, 5) is 24.1. The number of hydrogen-bond donors (Lipinski definition) is 0. The lowest BCUT2D eigenvalue weighted by molar-refractivity contribution is 0.0591. The molecule has 0 saturated carbocycles. The Hall–Kier alpha value is -2.62. The minimum atomic E-state index is -0.325. The lowest BCUT2D eigenvalue weighted by Crippen LogP contribution is -2.10. The van der Waals surface area contributed by atoms with Gasteiger partial charge in [-0.2, -0.15) is 0 Å². The third-order valence-corrected chi connectivity index (χ3v) is 5.61. The fourth-order valence-corrected chi connectivity index (χ4v) is 3.73. The minimum absolute atomic E-state index is 0.181. The summed E-state index contributed by atoms with van der Waals surface area (Å²) in [7, 11) is 2.80. The van der Waals surface area contributed by atoms with Crippen LogP contribution in [0.25, 0.3) is 0 Å². The first-order chi connectivity index (χ1) is 13.2. The summed E-state index contributed by atoms with van der Waals surface area (Å²) in [5.74, 6) is -0.460. The molecule has 1 unspecified atom stereocenters. The highest BCUT2D eigenvalue weighted by Gasteiger charge is 2.19. The molecule has 0 aromatic heterocycles. The average molecular weight is 383 g/mol. The maximum atomic E-state index is 12.1. The average Bonchev–Trinajstić information content (AvgIpc) is 2.69. The van der Waals surface area contributed by atoms with Gasteiger partial charge in [0, 0.05) is 0 Å². The molecule has 0 spiro atoms. The van der Waals surface area contributed by atoms with Crippen LogP contribution in [0.1, 0.15) is 73.9 Å². The van der Waals surface area contributed by atoms with Gasteiger partial charge in [-0.1, -0.05) is 13.8 Å². The summed E-state index contributed by atoms with van der Waals surface area (Å²) in [6.07, 6.45) is 1.62. The van der Waals surface area contributed by atoms with Crippen LogP contribution >= 0.6 is 0 Å². The highest BCUT2D eigenvalue weighted by atomic mass is 16.5. The largest absolute Gasteiger partial charge is 0.465 e. The van der Waals surface area contributed by atoms with E-state index in [1.807, 2.05) is 31.2 Å². The SMILES string of the molecule is CCc1cc(C(=O)OC)cc(C(C)Cc2cc(C(=O)OC)cc(C)c2C)c1C. The van der Waals surface area contributed by atoms with Gasteiger partial charge in [0.05, 0.1) is 25.3 Å². The number of esters is 2. The number of hydrogen-bond acceptors (Lipinski definition) is 4. The predicted octanol–water partition coefficient (Wildman–Crippen LogP) is 5.09. The summed E-state index contributed by atoms with van der Waals surface area (Å²) in [6.45, 7) is 10.4. The molecule has 4 nitrogen and oxygen atoms in total. The topological polar surface area (TPSA) is 52.6 Å². The molecular weight excluding hydrogens is 352 g/mol. The summed E-state index contributed by atoms with van der Waals surface area (Å²) in [6, 6.07) is 7.65. The maximum absolute atomic E-state index is 12.1. The van der Waals surface area contributed by atoms with Crippen LogP contribution in [0.2, 0.25) is 0 Å². The number of methoxy groups -OCH3 is 2. The highest BCUT2D eigenvalue weighted by molar-refractivity contribution is 5.90. The smallest absolute Gasteiger partial charge is 0.337 e. The summed E-state index contributed by atoms with van der Waals surface area (Å²) < 4.78 is 9.82. The Morgan fingerprint density at radius 2 is 1.39 bits per heavy atom. The van der Waals surface area contributed by atoms with E-state index in [9.17, 15) is 9.59 Å². The van der Waals surface area contributed by atoms with Crippen LogP contribution in [0.3, 0.4) is 0 Å². The van der Waals surface area contributed by atoms with Crippen molar-refractivity contribution in [3.8, 4) is 0 Å². The summed E-state index contributed by atoms with van der Waals surface area (Å²) in [5.41, 5.74) is 8.03. The zero-order chi connectivity index (χ0) is 21.0. The Bertz CT molecular complexity index is 896. The molecule has 0 radical (unpaired) electrons. The molecule has 2 rings (SSSR count). The molecule has 0 aliphatic rings. The van der Waals surface area contributed by atoms with Gasteiger partial charge in [-0.05, 0) is 97.2 Å². The van der Waals surface area contributed by atoms with Crippen molar-refractivity contribution in [2.75, 3.05) is 14.2 Å². The van der Waals surface area contributed by atoms with Crippen LogP contribution in [0.5, 0.6) is 0 Å². The standard InChI is InChI=1S/C24H30O4/c1-8-18-11-21(24(26)28-7)13-22(17(18)5)15(3)10-19-12-20(23(25)27-6)9-14(2)16(19)4/h9,11-13,15H,8,10H2,1-7H3. The molecule has 0 N–H and O–H groups in total. The van der Waals surface area contributed by atoms with Gasteiger partial charge in [-0.25, -0.2) is 9.59 Å². The van der Waals surface area contributed by atoms with Crippen molar-refractivity contribution in [2.45, 2.75) is 53.4 Å². The van der Waals surface area contributed by atoms with Crippen molar-refractivity contribution in [3.05, 3.63) is 68.8 Å². The first kappa shape index (κ1) is 21.7. The summed E-state index contributed by atoms with van der Waals surface area (Å²) in [5, 5.41) is 0. The highest BCUT2D eigenvalue weighted by Crippen LogP contribution is 2.30. The lowest BCUT2D eigenvalue weighted by Gasteiger charge is -2.20. The molecule has 4 heteroatoms. The van der Waals surface area contributed by atoms with E-state index in [1.54, 1.807) is 0 Å². The Morgan fingerprint density at radius 1 is 0.857 bits per heavy atom. The van der Waals surface area contributed by atoms with Gasteiger partial charge in [0.2, 0.25) is 0 Å². The molecule has 0 aliphatic heterocycles. The number of ether oxygens (including phenoxy) is 2. The minimum Gasteiger partial charge on any atom is -0.465 e. The second-order valence-electron chi connectivity index (χ2n) is 7.37. The Balaban J connectivity index is 2.47.